The summed E-state index contributed by atoms with van der Waals surface area (Å²) in [4.78, 5) is 12.8. The van der Waals surface area contributed by atoms with Crippen LogP contribution in [0.5, 0.6) is 0 Å². The van der Waals surface area contributed by atoms with Crippen LogP contribution >= 0.6 is 11.3 Å². The first-order valence-corrected chi connectivity index (χ1v) is 9.27. The van der Waals surface area contributed by atoms with E-state index in [1.54, 1.807) is 29.5 Å². The zero-order chi connectivity index (χ0) is 17.9. The summed E-state index contributed by atoms with van der Waals surface area (Å²) < 4.78 is 16.9. The van der Waals surface area contributed by atoms with Gasteiger partial charge in [-0.25, -0.2) is 4.39 Å². The number of rotatable bonds is 5. The molecule has 0 fully saturated rings. The molecule has 4 rings (SSSR count). The van der Waals surface area contributed by atoms with Crippen LogP contribution < -0.4 is 5.32 Å². The minimum Gasteiger partial charge on any atom is -0.335 e. The van der Waals surface area contributed by atoms with Crippen LogP contribution in [-0.4, -0.2) is 10.5 Å². The fourth-order valence-corrected chi connectivity index (χ4v) is 3.86. The Morgan fingerprint density at radius 2 is 1.81 bits per heavy atom. The summed E-state index contributed by atoms with van der Waals surface area (Å²) in [6, 6.07) is 20.3. The molecule has 1 amide bonds. The minimum atomic E-state index is -0.440. The largest absolute Gasteiger partial charge is 0.335 e. The van der Waals surface area contributed by atoms with Gasteiger partial charge in [-0.15, -0.1) is 11.3 Å². The van der Waals surface area contributed by atoms with Crippen LogP contribution in [0.4, 0.5) is 10.1 Å². The molecule has 2 aromatic carbocycles. The molecular weight excluding hydrogens is 347 g/mol. The van der Waals surface area contributed by atoms with Crippen molar-refractivity contribution in [1.29, 1.82) is 0 Å². The zero-order valence-corrected chi connectivity index (χ0v) is 14.8. The number of carbonyl (C=O) groups excluding carboxylic acids is 1. The van der Waals surface area contributed by atoms with Gasteiger partial charge < -0.3 is 9.88 Å². The number of nitrogens with zero attached hydrogens (tertiary/aromatic N) is 1. The number of para-hydroxylation sites is 1. The van der Waals surface area contributed by atoms with E-state index in [0.717, 1.165) is 16.6 Å². The lowest BCUT2D eigenvalue weighted by molar-refractivity contribution is 0.101. The van der Waals surface area contributed by atoms with Crippen molar-refractivity contribution in [3.05, 3.63) is 89.2 Å². The number of anilines is 1. The number of thiophene rings is 1. The highest BCUT2D eigenvalue weighted by atomic mass is 32.1. The third-order valence-corrected chi connectivity index (χ3v) is 5.20. The molecule has 26 heavy (non-hydrogen) atoms. The number of nitrogens with one attached hydrogen (secondary N) is 1. The molecule has 0 unspecified atom stereocenters. The number of carbonyl (C=O) groups is 1. The number of fused-ring (bicyclic) bond motifs is 1. The quantitative estimate of drug-likeness (QED) is 0.510. The molecule has 0 spiro atoms. The van der Waals surface area contributed by atoms with Gasteiger partial charge in [0.1, 0.15) is 11.5 Å². The van der Waals surface area contributed by atoms with Crippen LogP contribution in [0.2, 0.25) is 0 Å². The predicted octanol–water partition coefficient (Wildman–Crippen LogP) is 5.34. The van der Waals surface area contributed by atoms with Crippen LogP contribution in [-0.2, 0) is 13.0 Å². The average Bonchev–Trinajstić information content (AvgIpc) is 3.24. The van der Waals surface area contributed by atoms with E-state index < -0.39 is 5.82 Å². The first kappa shape index (κ1) is 16.5. The molecule has 0 atom stereocenters. The van der Waals surface area contributed by atoms with E-state index in [0.29, 0.717) is 12.2 Å². The summed E-state index contributed by atoms with van der Waals surface area (Å²) in [7, 11) is 0. The Morgan fingerprint density at radius 3 is 2.62 bits per heavy atom. The highest BCUT2D eigenvalue weighted by Gasteiger charge is 2.17. The van der Waals surface area contributed by atoms with Gasteiger partial charge in [0, 0.05) is 6.54 Å². The van der Waals surface area contributed by atoms with Gasteiger partial charge in [0.25, 0.3) is 5.91 Å². The van der Waals surface area contributed by atoms with Gasteiger partial charge >= 0.3 is 0 Å². The summed E-state index contributed by atoms with van der Waals surface area (Å²) in [5.41, 5.74) is 2.98. The molecule has 4 aromatic rings. The lowest BCUT2D eigenvalue weighted by Crippen LogP contribution is -2.18. The van der Waals surface area contributed by atoms with E-state index in [4.69, 9.17) is 0 Å². The van der Waals surface area contributed by atoms with Gasteiger partial charge in [0.15, 0.2) is 0 Å². The summed E-state index contributed by atoms with van der Waals surface area (Å²) >= 11 is 1.60. The number of benzene rings is 2. The number of aromatic nitrogens is 1. The summed E-state index contributed by atoms with van der Waals surface area (Å²) in [5, 5.41) is 4.70. The molecule has 2 aromatic heterocycles. The average molecular weight is 364 g/mol. The van der Waals surface area contributed by atoms with Crippen molar-refractivity contribution in [3.8, 4) is 0 Å². The van der Waals surface area contributed by atoms with E-state index >= 15 is 0 Å². The summed E-state index contributed by atoms with van der Waals surface area (Å²) in [6.07, 6.45) is 0.820. The Bertz CT molecular complexity index is 1050. The molecule has 0 aliphatic carbocycles. The van der Waals surface area contributed by atoms with Gasteiger partial charge in [-0.3, -0.25) is 4.79 Å². The maximum Gasteiger partial charge on any atom is 0.272 e. The smallest absolute Gasteiger partial charge is 0.272 e. The fraction of sp³-hybridized carbons (Fsp3) is 0.0952. The summed E-state index contributed by atoms with van der Waals surface area (Å²) in [5.74, 6) is -0.739. The molecule has 0 saturated carbocycles. The van der Waals surface area contributed by atoms with Crippen molar-refractivity contribution < 1.29 is 9.18 Å². The van der Waals surface area contributed by atoms with E-state index in [2.05, 4.69) is 17.4 Å². The molecule has 2 heterocycles. The van der Waals surface area contributed by atoms with Gasteiger partial charge in [0.2, 0.25) is 0 Å². The van der Waals surface area contributed by atoms with Gasteiger partial charge in [-0.1, -0.05) is 42.5 Å². The van der Waals surface area contributed by atoms with Gasteiger partial charge in [-0.2, -0.15) is 0 Å². The number of aryl methyl sites for hydroxylation is 2. The number of hydrogen-bond donors (Lipinski definition) is 1. The molecular formula is C21H17FN2OS. The standard InChI is InChI=1S/C21H17FN2OS/c22-16-8-4-5-9-17(16)23-21(25)19-14-20-18(11-13-26-20)24(19)12-10-15-6-2-1-3-7-15/h1-9,11,13-14H,10,12H2,(H,23,25). The SMILES string of the molecule is O=C(Nc1ccccc1F)c1cc2sccc2n1CCc1ccccc1. The van der Waals surface area contributed by atoms with Crippen molar-refractivity contribution >= 4 is 33.1 Å². The highest BCUT2D eigenvalue weighted by Crippen LogP contribution is 2.26. The van der Waals surface area contributed by atoms with Gasteiger partial charge in [-0.05, 0) is 41.6 Å². The second kappa shape index (κ2) is 7.14. The highest BCUT2D eigenvalue weighted by molar-refractivity contribution is 7.17. The molecule has 5 heteroatoms. The lowest BCUT2D eigenvalue weighted by Gasteiger charge is -2.11. The van der Waals surface area contributed by atoms with Gasteiger partial charge in [0.05, 0.1) is 15.9 Å². The lowest BCUT2D eigenvalue weighted by atomic mass is 10.1. The first-order chi connectivity index (χ1) is 12.7. The second-order valence-electron chi connectivity index (χ2n) is 6.02. The second-order valence-corrected chi connectivity index (χ2v) is 6.97. The van der Waals surface area contributed by atoms with Crippen LogP contribution in [0.3, 0.4) is 0 Å². The Balaban J connectivity index is 1.63. The molecule has 0 radical (unpaired) electrons. The molecule has 0 aliphatic rings. The van der Waals surface area contributed by atoms with Crippen LogP contribution in [0, 0.1) is 5.82 Å². The Morgan fingerprint density at radius 1 is 1.04 bits per heavy atom. The topological polar surface area (TPSA) is 34.0 Å². The maximum atomic E-state index is 13.9. The Labute approximate surface area is 154 Å². The number of amides is 1. The molecule has 0 bridgehead atoms. The molecule has 0 saturated heterocycles. The van der Waals surface area contributed by atoms with E-state index in [9.17, 15) is 9.18 Å². The molecule has 1 N–H and O–H groups in total. The molecule has 0 aliphatic heterocycles. The van der Waals surface area contributed by atoms with Crippen LogP contribution in [0.1, 0.15) is 16.1 Å². The zero-order valence-electron chi connectivity index (χ0n) is 14.0. The van der Waals surface area contributed by atoms with Crippen molar-refractivity contribution in [2.45, 2.75) is 13.0 Å². The Kier molecular flexibility index (Phi) is 4.54. The molecule has 3 nitrogen and oxygen atoms in total. The first-order valence-electron chi connectivity index (χ1n) is 8.39. The summed E-state index contributed by atoms with van der Waals surface area (Å²) in [6.45, 7) is 0.685. The Hall–Kier alpha value is -2.92. The monoisotopic (exact) mass is 364 g/mol. The number of hydrogen-bond acceptors (Lipinski definition) is 2. The van der Waals surface area contributed by atoms with Crippen LogP contribution in [0.25, 0.3) is 10.2 Å². The number of halogens is 1. The van der Waals surface area contributed by atoms with Crippen LogP contribution in [0.15, 0.2) is 72.1 Å². The van der Waals surface area contributed by atoms with E-state index in [-0.39, 0.29) is 11.6 Å². The van der Waals surface area contributed by atoms with Crippen molar-refractivity contribution in [2.75, 3.05) is 5.32 Å². The third-order valence-electron chi connectivity index (χ3n) is 4.34. The minimum absolute atomic E-state index is 0.191. The third kappa shape index (κ3) is 3.26. The molecule has 130 valence electrons. The normalized spacial score (nSPS) is 11.0. The van der Waals surface area contributed by atoms with E-state index in [1.807, 2.05) is 40.3 Å². The fourth-order valence-electron chi connectivity index (χ4n) is 3.04. The van der Waals surface area contributed by atoms with Crippen molar-refractivity contribution in [2.24, 2.45) is 0 Å². The predicted molar refractivity (Wildman–Crippen MR) is 104 cm³/mol. The van der Waals surface area contributed by atoms with Crippen molar-refractivity contribution in [3.63, 3.8) is 0 Å². The maximum absolute atomic E-state index is 13.9. The van der Waals surface area contributed by atoms with E-state index in [1.165, 1.54) is 11.6 Å². The van der Waals surface area contributed by atoms with Crippen molar-refractivity contribution in [1.82, 2.24) is 4.57 Å².